The molecule has 3 amide bonds. The molecular formula is C22H18ClN3O2. The highest BCUT2D eigenvalue weighted by molar-refractivity contribution is 6.30. The molecule has 1 N–H and O–H groups in total. The van der Waals surface area contributed by atoms with E-state index in [9.17, 15) is 9.59 Å². The van der Waals surface area contributed by atoms with Gasteiger partial charge in [0.25, 0.3) is 5.91 Å². The third kappa shape index (κ3) is 2.50. The number of hydrogen-bond acceptors (Lipinski definition) is 3. The lowest BCUT2D eigenvalue weighted by Crippen LogP contribution is -2.46. The van der Waals surface area contributed by atoms with Crippen molar-refractivity contribution in [2.75, 3.05) is 0 Å². The quantitative estimate of drug-likeness (QED) is 0.526. The summed E-state index contributed by atoms with van der Waals surface area (Å²) in [5, 5.41) is 4.21. The Balaban J connectivity index is 1.52. The van der Waals surface area contributed by atoms with E-state index in [0.29, 0.717) is 17.1 Å². The van der Waals surface area contributed by atoms with Crippen LogP contribution in [-0.2, 0) is 23.3 Å². The highest BCUT2D eigenvalue weighted by atomic mass is 35.5. The molecule has 6 heteroatoms. The van der Waals surface area contributed by atoms with Gasteiger partial charge in [-0.3, -0.25) is 9.69 Å². The second-order valence-electron chi connectivity index (χ2n) is 7.37. The summed E-state index contributed by atoms with van der Waals surface area (Å²) in [6, 6.07) is 17.0. The van der Waals surface area contributed by atoms with Crippen molar-refractivity contribution in [3.05, 3.63) is 76.4 Å². The Hall–Kier alpha value is -2.92. The van der Waals surface area contributed by atoms with Crippen LogP contribution < -0.4 is 5.32 Å². The molecule has 2 heterocycles. The fraction of sp³-hybridized carbons (Fsp3) is 0.227. The van der Waals surface area contributed by atoms with Crippen molar-refractivity contribution >= 4 is 34.4 Å². The number of para-hydroxylation sites is 1. The van der Waals surface area contributed by atoms with Crippen LogP contribution in [0.2, 0.25) is 5.15 Å². The molecule has 0 radical (unpaired) electrons. The number of amides is 3. The van der Waals surface area contributed by atoms with Crippen LogP contribution in [0.15, 0.2) is 54.6 Å². The highest BCUT2D eigenvalue weighted by Crippen LogP contribution is 2.40. The Morgan fingerprint density at radius 3 is 2.79 bits per heavy atom. The maximum absolute atomic E-state index is 13.4. The number of imide groups is 1. The van der Waals surface area contributed by atoms with Crippen molar-refractivity contribution in [3.63, 3.8) is 0 Å². The molecule has 1 aliphatic carbocycles. The van der Waals surface area contributed by atoms with Crippen LogP contribution in [0.25, 0.3) is 10.9 Å². The number of rotatable bonds is 2. The number of benzene rings is 2. The van der Waals surface area contributed by atoms with E-state index in [2.05, 4.69) is 10.3 Å². The fourth-order valence-corrected chi connectivity index (χ4v) is 4.58. The number of carbonyl (C=O) groups is 2. The van der Waals surface area contributed by atoms with Crippen LogP contribution in [-0.4, -0.2) is 21.8 Å². The summed E-state index contributed by atoms with van der Waals surface area (Å²) in [5.74, 6) is -0.214. The van der Waals surface area contributed by atoms with E-state index in [-0.39, 0.29) is 18.5 Å². The van der Waals surface area contributed by atoms with E-state index in [1.54, 1.807) is 0 Å². The minimum Gasteiger partial charge on any atom is -0.319 e. The Morgan fingerprint density at radius 1 is 1.11 bits per heavy atom. The first-order valence-electron chi connectivity index (χ1n) is 9.35. The van der Waals surface area contributed by atoms with E-state index >= 15 is 0 Å². The predicted octanol–water partition coefficient (Wildman–Crippen LogP) is 4.17. The number of aromatic nitrogens is 1. The van der Waals surface area contributed by atoms with Crippen molar-refractivity contribution in [1.82, 2.24) is 15.2 Å². The van der Waals surface area contributed by atoms with Crippen LogP contribution in [0.3, 0.4) is 0 Å². The lowest BCUT2D eigenvalue weighted by atomic mass is 9.76. The maximum Gasteiger partial charge on any atom is 0.325 e. The van der Waals surface area contributed by atoms with Crippen LogP contribution in [0.5, 0.6) is 0 Å². The van der Waals surface area contributed by atoms with Crippen LogP contribution in [0.1, 0.15) is 29.5 Å². The SMILES string of the molecule is O=C1N[C@@]2(CCCc3ccccc32)C(=O)N1Cc1cc2ccccc2nc1Cl. The summed E-state index contributed by atoms with van der Waals surface area (Å²) in [6.07, 6.45) is 2.38. The average Bonchev–Trinajstić information content (AvgIpc) is 2.93. The zero-order valence-corrected chi connectivity index (χ0v) is 15.9. The van der Waals surface area contributed by atoms with Gasteiger partial charge in [0.1, 0.15) is 10.7 Å². The van der Waals surface area contributed by atoms with E-state index < -0.39 is 5.54 Å². The van der Waals surface area contributed by atoms with E-state index in [1.165, 1.54) is 4.90 Å². The third-order valence-electron chi connectivity index (χ3n) is 5.73. The standard InChI is InChI=1S/C22H18ClN3O2/c23-19-16(12-15-7-2-4-10-18(15)24-19)13-26-20(27)22(25-21(26)28)11-5-8-14-6-1-3-9-17(14)22/h1-4,6-7,9-10,12H,5,8,11,13H2,(H,25,28)/t22-/m1/s1. The van der Waals surface area contributed by atoms with Crippen LogP contribution >= 0.6 is 11.6 Å². The molecular weight excluding hydrogens is 374 g/mol. The molecule has 0 saturated carbocycles. The molecule has 0 bridgehead atoms. The molecule has 1 spiro atoms. The van der Waals surface area contributed by atoms with Crippen molar-refractivity contribution in [3.8, 4) is 0 Å². The topological polar surface area (TPSA) is 62.3 Å². The van der Waals surface area contributed by atoms with Gasteiger partial charge in [0.2, 0.25) is 0 Å². The lowest BCUT2D eigenvalue weighted by Gasteiger charge is -2.33. The van der Waals surface area contributed by atoms with Crippen molar-refractivity contribution in [2.45, 2.75) is 31.3 Å². The molecule has 28 heavy (non-hydrogen) atoms. The first-order chi connectivity index (χ1) is 13.6. The summed E-state index contributed by atoms with van der Waals surface area (Å²) >= 11 is 6.35. The molecule has 140 valence electrons. The summed E-state index contributed by atoms with van der Waals surface area (Å²) < 4.78 is 0. The Bertz CT molecular complexity index is 1130. The molecule has 3 aromatic rings. The van der Waals surface area contributed by atoms with Gasteiger partial charge in [-0.2, -0.15) is 0 Å². The van der Waals surface area contributed by atoms with Gasteiger partial charge in [-0.1, -0.05) is 54.1 Å². The predicted molar refractivity (Wildman–Crippen MR) is 107 cm³/mol. The Kier molecular flexibility index (Phi) is 3.88. The number of fused-ring (bicyclic) bond motifs is 3. The minimum absolute atomic E-state index is 0.102. The van der Waals surface area contributed by atoms with Gasteiger partial charge in [-0.25, -0.2) is 9.78 Å². The second-order valence-corrected chi connectivity index (χ2v) is 7.73. The van der Waals surface area contributed by atoms with Crippen molar-refractivity contribution < 1.29 is 9.59 Å². The third-order valence-corrected chi connectivity index (χ3v) is 6.06. The second kappa shape index (κ2) is 6.31. The highest BCUT2D eigenvalue weighted by Gasteiger charge is 2.53. The number of carbonyl (C=O) groups excluding carboxylic acids is 2. The zero-order chi connectivity index (χ0) is 19.3. The molecule has 1 atom stereocenters. The van der Waals surface area contributed by atoms with E-state index in [1.807, 2.05) is 54.6 Å². The Labute approximate surface area is 167 Å². The van der Waals surface area contributed by atoms with E-state index in [0.717, 1.165) is 34.9 Å². The van der Waals surface area contributed by atoms with Gasteiger partial charge in [-0.15, -0.1) is 0 Å². The number of urea groups is 1. The molecule has 1 aromatic heterocycles. The lowest BCUT2D eigenvalue weighted by molar-refractivity contribution is -0.132. The number of aryl methyl sites for hydroxylation is 1. The molecule has 2 aliphatic rings. The van der Waals surface area contributed by atoms with Gasteiger partial charge in [0.05, 0.1) is 12.1 Å². The largest absolute Gasteiger partial charge is 0.325 e. The van der Waals surface area contributed by atoms with Crippen molar-refractivity contribution in [1.29, 1.82) is 0 Å². The van der Waals surface area contributed by atoms with Crippen molar-refractivity contribution in [2.24, 2.45) is 0 Å². The first kappa shape index (κ1) is 17.2. The normalized spacial score (nSPS) is 21.2. The molecule has 5 nitrogen and oxygen atoms in total. The van der Waals surface area contributed by atoms with Gasteiger partial charge in [0, 0.05) is 10.9 Å². The van der Waals surface area contributed by atoms with Gasteiger partial charge < -0.3 is 5.32 Å². The number of nitrogens with one attached hydrogen (secondary N) is 1. The molecule has 2 aromatic carbocycles. The van der Waals surface area contributed by atoms with Gasteiger partial charge >= 0.3 is 6.03 Å². The van der Waals surface area contributed by atoms with Gasteiger partial charge in [-0.05, 0) is 42.5 Å². The fourth-order valence-electron chi connectivity index (χ4n) is 4.37. The van der Waals surface area contributed by atoms with E-state index in [4.69, 9.17) is 11.6 Å². The zero-order valence-electron chi connectivity index (χ0n) is 15.1. The summed E-state index contributed by atoms with van der Waals surface area (Å²) in [7, 11) is 0. The first-order valence-corrected chi connectivity index (χ1v) is 9.73. The molecule has 1 aliphatic heterocycles. The Morgan fingerprint density at radius 2 is 1.89 bits per heavy atom. The summed E-state index contributed by atoms with van der Waals surface area (Å²) in [5.41, 5.74) is 2.50. The monoisotopic (exact) mass is 391 g/mol. The molecule has 5 rings (SSSR count). The number of nitrogens with zero attached hydrogens (tertiary/aromatic N) is 2. The van der Waals surface area contributed by atoms with Crippen LogP contribution in [0.4, 0.5) is 4.79 Å². The summed E-state index contributed by atoms with van der Waals surface area (Å²) in [4.78, 5) is 31.9. The average molecular weight is 392 g/mol. The minimum atomic E-state index is -0.970. The number of halogens is 1. The smallest absolute Gasteiger partial charge is 0.319 e. The number of hydrogen-bond donors (Lipinski definition) is 1. The van der Waals surface area contributed by atoms with Gasteiger partial charge in [0.15, 0.2) is 0 Å². The molecule has 1 saturated heterocycles. The maximum atomic E-state index is 13.4. The number of pyridine rings is 1. The molecule has 1 fully saturated rings. The van der Waals surface area contributed by atoms with Crippen LogP contribution in [0, 0.1) is 0 Å². The summed E-state index contributed by atoms with van der Waals surface area (Å²) in [6.45, 7) is 0.102. The molecule has 0 unspecified atom stereocenters.